The number of piperidine rings is 1. The van der Waals surface area contributed by atoms with Gasteiger partial charge in [-0.25, -0.2) is 0 Å². The van der Waals surface area contributed by atoms with Crippen molar-refractivity contribution in [2.75, 3.05) is 13.1 Å². The molecule has 1 aliphatic heterocycles. The Bertz CT molecular complexity index is 336. The van der Waals surface area contributed by atoms with Crippen LogP contribution in [-0.4, -0.2) is 30.8 Å². The van der Waals surface area contributed by atoms with E-state index >= 15 is 0 Å². The summed E-state index contributed by atoms with van der Waals surface area (Å²) in [6.07, 6.45) is 2.64. The van der Waals surface area contributed by atoms with E-state index in [0.717, 1.165) is 5.82 Å². The predicted molar refractivity (Wildman–Crippen MR) is 97.3 cm³/mol. The molecule has 1 saturated heterocycles. The average molecular weight is 292 g/mol. The molecule has 0 aliphatic carbocycles. The van der Waals surface area contributed by atoms with Gasteiger partial charge in [-0.2, -0.15) is 0 Å². The van der Waals surface area contributed by atoms with Crippen LogP contribution in [-0.2, 0) is 0 Å². The molecule has 1 nitrogen and oxygen atoms in total. The minimum Gasteiger partial charge on any atom is -0.298 e. The molecule has 1 rings (SSSR count). The topological polar surface area (TPSA) is 3.24 Å². The van der Waals surface area contributed by atoms with E-state index in [-0.39, 0.29) is 5.54 Å². The zero-order valence-electron chi connectivity index (χ0n) is 16.4. The highest BCUT2D eigenvalue weighted by Crippen LogP contribution is 2.47. The van der Waals surface area contributed by atoms with Crippen molar-refractivity contribution in [2.45, 2.75) is 98.7 Å². The van der Waals surface area contributed by atoms with E-state index in [0.29, 0.717) is 16.1 Å². The van der Waals surface area contributed by atoms with Crippen LogP contribution in [0.25, 0.3) is 0 Å². The molecular weight excluding hydrogens is 253 g/mol. The molecule has 0 unspecified atom stereocenters. The lowest BCUT2D eigenvalue weighted by Crippen LogP contribution is -2.55. The average Bonchev–Trinajstić information content (AvgIpc) is 2.26. The normalized spacial score (nSPS) is 20.7. The Morgan fingerprint density at radius 3 is 1.48 bits per heavy atom. The third-order valence-electron chi connectivity index (χ3n) is 6.75. The third kappa shape index (κ3) is 4.27. The Morgan fingerprint density at radius 2 is 1.14 bits per heavy atom. The van der Waals surface area contributed by atoms with Crippen LogP contribution in [0, 0.1) is 10.8 Å². The molecule has 0 aromatic heterocycles. The van der Waals surface area contributed by atoms with Crippen LogP contribution in [0.5, 0.6) is 0 Å². The van der Waals surface area contributed by atoms with E-state index in [9.17, 15) is 0 Å². The van der Waals surface area contributed by atoms with Crippen LogP contribution in [0.15, 0.2) is 0 Å². The van der Waals surface area contributed by atoms with E-state index in [1.165, 1.54) is 25.9 Å². The Hall–Kier alpha value is 0.0249. The van der Waals surface area contributed by atoms with Crippen LogP contribution in [0.4, 0.5) is 0 Å². The molecule has 0 atom stereocenters. The van der Waals surface area contributed by atoms with Crippen molar-refractivity contribution >= 4 is 7.28 Å². The van der Waals surface area contributed by atoms with Crippen LogP contribution in [0.2, 0.25) is 11.1 Å². The fraction of sp³-hybridized carbons (Fsp3) is 1.00. The number of hydrogen-bond donors (Lipinski definition) is 0. The van der Waals surface area contributed by atoms with Crippen molar-refractivity contribution in [1.82, 2.24) is 4.90 Å². The molecule has 2 heteroatoms. The van der Waals surface area contributed by atoms with Crippen LogP contribution in [0.1, 0.15) is 82.1 Å². The monoisotopic (exact) mass is 292 g/mol. The molecule has 0 aromatic rings. The lowest BCUT2D eigenvalue weighted by atomic mass is 9.39. The van der Waals surface area contributed by atoms with Gasteiger partial charge in [-0.05, 0) is 50.6 Å². The zero-order chi connectivity index (χ0) is 16.7. The fourth-order valence-corrected chi connectivity index (χ4v) is 2.94. The second-order valence-corrected chi connectivity index (χ2v) is 10.3. The highest BCUT2D eigenvalue weighted by Gasteiger charge is 2.41. The van der Waals surface area contributed by atoms with Gasteiger partial charge in [0.1, 0.15) is 7.28 Å². The van der Waals surface area contributed by atoms with E-state index < -0.39 is 0 Å². The molecule has 1 aliphatic rings. The van der Waals surface area contributed by atoms with Gasteiger partial charge in [-0.1, -0.05) is 66.5 Å². The van der Waals surface area contributed by atoms with Gasteiger partial charge in [0, 0.05) is 5.54 Å². The molecule has 123 valence electrons. The number of rotatable bonds is 3. The first kappa shape index (κ1) is 19.1. The van der Waals surface area contributed by atoms with E-state index in [2.05, 4.69) is 81.4 Å². The molecule has 0 amide bonds. The molecular formula is C19H39BN. The van der Waals surface area contributed by atoms with Gasteiger partial charge in [0.15, 0.2) is 0 Å². The van der Waals surface area contributed by atoms with Gasteiger partial charge >= 0.3 is 0 Å². The van der Waals surface area contributed by atoms with Crippen molar-refractivity contribution < 1.29 is 0 Å². The Labute approximate surface area is 135 Å². The molecule has 0 saturated carbocycles. The second kappa shape index (κ2) is 5.91. The highest BCUT2D eigenvalue weighted by molar-refractivity contribution is 6.42. The summed E-state index contributed by atoms with van der Waals surface area (Å²) in [7, 11) is 2.65. The minimum atomic E-state index is 0.275. The SMILES string of the molecule is CC(C)(C)C(C)(C)[B]C1CCN(C(C)(C)C(C)(C)C)CC1. The predicted octanol–water partition coefficient (Wildman–Crippen LogP) is 5.64. The molecule has 1 fully saturated rings. The Kier molecular flexibility index (Phi) is 5.37. The van der Waals surface area contributed by atoms with Crippen molar-refractivity contribution in [3.05, 3.63) is 0 Å². The lowest BCUT2D eigenvalue weighted by molar-refractivity contribution is 0.00814. The van der Waals surface area contributed by atoms with Crippen molar-refractivity contribution in [2.24, 2.45) is 10.8 Å². The standard InChI is InChI=1S/C19H39BN/c1-16(2,3)18(7,8)20-15-11-13-21(14-12-15)19(9,10)17(4,5)6/h15H,11-14H2,1-10H3. The Morgan fingerprint density at radius 1 is 0.714 bits per heavy atom. The largest absolute Gasteiger partial charge is 0.298 e. The number of nitrogens with zero attached hydrogens (tertiary/aromatic N) is 1. The summed E-state index contributed by atoms with van der Waals surface area (Å²) in [6.45, 7) is 26.3. The summed E-state index contributed by atoms with van der Waals surface area (Å²) in [4.78, 5) is 2.71. The van der Waals surface area contributed by atoms with Crippen LogP contribution >= 0.6 is 0 Å². The van der Waals surface area contributed by atoms with Crippen molar-refractivity contribution in [3.8, 4) is 0 Å². The first-order valence-corrected chi connectivity index (χ1v) is 8.79. The van der Waals surface area contributed by atoms with Gasteiger partial charge in [0.25, 0.3) is 0 Å². The smallest absolute Gasteiger partial charge is 0.122 e. The first-order chi connectivity index (χ1) is 9.18. The highest BCUT2D eigenvalue weighted by atomic mass is 15.2. The molecule has 0 N–H and O–H groups in total. The summed E-state index contributed by atoms with van der Waals surface area (Å²) < 4.78 is 0. The van der Waals surface area contributed by atoms with Gasteiger partial charge in [0.05, 0.1) is 0 Å². The second-order valence-electron chi connectivity index (χ2n) is 10.3. The number of hydrogen-bond acceptors (Lipinski definition) is 1. The molecule has 1 radical (unpaired) electrons. The lowest BCUT2D eigenvalue weighted by Gasteiger charge is -2.51. The maximum absolute atomic E-state index is 2.71. The van der Waals surface area contributed by atoms with Crippen molar-refractivity contribution in [1.29, 1.82) is 0 Å². The minimum absolute atomic E-state index is 0.275. The quantitative estimate of drug-likeness (QED) is 0.608. The third-order valence-corrected chi connectivity index (χ3v) is 6.75. The molecule has 0 aromatic carbocycles. The summed E-state index contributed by atoms with van der Waals surface area (Å²) in [6, 6.07) is 0. The van der Waals surface area contributed by atoms with Crippen LogP contribution < -0.4 is 0 Å². The van der Waals surface area contributed by atoms with Gasteiger partial charge in [-0.15, -0.1) is 0 Å². The van der Waals surface area contributed by atoms with Gasteiger partial charge < -0.3 is 0 Å². The van der Waals surface area contributed by atoms with E-state index in [1.807, 2.05) is 0 Å². The summed E-state index contributed by atoms with van der Waals surface area (Å²) >= 11 is 0. The molecule has 21 heavy (non-hydrogen) atoms. The molecule has 0 spiro atoms. The molecule has 0 bridgehead atoms. The maximum Gasteiger partial charge on any atom is 0.122 e. The maximum atomic E-state index is 2.71. The number of likely N-dealkylation sites (tertiary alicyclic amines) is 1. The molecule has 1 heterocycles. The van der Waals surface area contributed by atoms with Crippen LogP contribution in [0.3, 0.4) is 0 Å². The van der Waals surface area contributed by atoms with Gasteiger partial charge in [-0.3, -0.25) is 4.90 Å². The summed E-state index contributed by atoms with van der Waals surface area (Å²) in [5.74, 6) is 0.784. The van der Waals surface area contributed by atoms with Gasteiger partial charge in [0.2, 0.25) is 0 Å². The van der Waals surface area contributed by atoms with E-state index in [4.69, 9.17) is 0 Å². The summed E-state index contributed by atoms with van der Waals surface area (Å²) in [5.41, 5.74) is 0.945. The zero-order valence-corrected chi connectivity index (χ0v) is 16.4. The summed E-state index contributed by atoms with van der Waals surface area (Å²) in [5, 5.41) is 0.305. The van der Waals surface area contributed by atoms with Crippen molar-refractivity contribution in [3.63, 3.8) is 0 Å². The van der Waals surface area contributed by atoms with E-state index in [1.54, 1.807) is 0 Å². The first-order valence-electron chi connectivity index (χ1n) is 8.79. The fourth-order valence-electron chi connectivity index (χ4n) is 2.94. The Balaban J connectivity index is 2.62.